The second kappa shape index (κ2) is 6.17. The number of nitrogens with zero attached hydrogens (tertiary/aromatic N) is 3. The minimum Gasteiger partial charge on any atom is -0.467 e. The fraction of sp³-hybridized carbons (Fsp3) is 0.643. The first-order valence-corrected chi connectivity index (χ1v) is 6.81. The second-order valence-corrected chi connectivity index (χ2v) is 5.22. The molecule has 1 aliphatic rings. The van der Waals surface area contributed by atoms with Gasteiger partial charge in [0.1, 0.15) is 0 Å². The summed E-state index contributed by atoms with van der Waals surface area (Å²) in [6, 6.07) is 1.99. The Morgan fingerprint density at radius 3 is 2.90 bits per heavy atom. The Labute approximate surface area is 119 Å². The maximum Gasteiger partial charge on any atom is 0.336 e. The van der Waals surface area contributed by atoms with E-state index in [2.05, 4.69) is 23.8 Å². The number of anilines is 1. The van der Waals surface area contributed by atoms with Gasteiger partial charge in [0.25, 0.3) is 0 Å². The first-order valence-electron chi connectivity index (χ1n) is 6.81. The van der Waals surface area contributed by atoms with E-state index in [1.807, 2.05) is 17.9 Å². The average Bonchev–Trinajstić information content (AvgIpc) is 2.45. The maximum atomic E-state index is 11.6. The lowest BCUT2D eigenvalue weighted by Crippen LogP contribution is -2.47. The fourth-order valence-electron chi connectivity index (χ4n) is 2.12. The summed E-state index contributed by atoms with van der Waals surface area (Å²) in [4.78, 5) is 22.6. The van der Waals surface area contributed by atoms with Crippen molar-refractivity contribution >= 4 is 11.9 Å². The molecule has 0 aromatic carbocycles. The van der Waals surface area contributed by atoms with Gasteiger partial charge in [0.05, 0.1) is 20.3 Å². The summed E-state index contributed by atoms with van der Waals surface area (Å²) < 4.78 is 10.1. The third kappa shape index (κ3) is 3.25. The topological polar surface area (TPSA) is 64.5 Å². The first kappa shape index (κ1) is 14.7. The average molecular weight is 279 g/mol. The van der Waals surface area contributed by atoms with Crippen LogP contribution in [0, 0.1) is 6.92 Å². The zero-order chi connectivity index (χ0) is 14.7. The van der Waals surface area contributed by atoms with Crippen LogP contribution in [-0.4, -0.2) is 48.8 Å². The highest BCUT2D eigenvalue weighted by Gasteiger charge is 2.29. The summed E-state index contributed by atoms with van der Waals surface area (Å²) in [6.07, 6.45) is -0.569. The second-order valence-electron chi connectivity index (χ2n) is 5.22. The molecule has 0 amide bonds. The highest BCUT2D eigenvalue weighted by atomic mass is 16.6. The maximum absolute atomic E-state index is 11.6. The summed E-state index contributed by atoms with van der Waals surface area (Å²) in [5.74, 6) is 0.644. The van der Waals surface area contributed by atoms with Gasteiger partial charge in [-0.2, -0.15) is 0 Å². The van der Waals surface area contributed by atoms with Crippen molar-refractivity contribution in [2.24, 2.45) is 0 Å². The van der Waals surface area contributed by atoms with Crippen molar-refractivity contribution in [3.63, 3.8) is 0 Å². The van der Waals surface area contributed by atoms with Crippen molar-refractivity contribution in [3.05, 3.63) is 17.5 Å². The van der Waals surface area contributed by atoms with Gasteiger partial charge in [-0.25, -0.2) is 14.8 Å². The van der Waals surface area contributed by atoms with E-state index < -0.39 is 6.10 Å². The number of hydrogen-bond donors (Lipinski definition) is 0. The predicted molar refractivity (Wildman–Crippen MR) is 74.8 cm³/mol. The molecule has 1 aromatic heterocycles. The molecule has 6 nitrogen and oxygen atoms in total. The van der Waals surface area contributed by atoms with Crippen molar-refractivity contribution in [2.75, 3.05) is 31.7 Å². The molecular formula is C14H21N3O3. The van der Waals surface area contributed by atoms with E-state index in [4.69, 9.17) is 9.47 Å². The molecule has 0 N–H and O–H groups in total. The molecule has 0 aliphatic carbocycles. The lowest BCUT2D eigenvalue weighted by Gasteiger charge is -2.31. The first-order chi connectivity index (χ1) is 9.51. The molecule has 1 aliphatic heterocycles. The molecule has 0 bridgehead atoms. The Hall–Kier alpha value is -1.69. The van der Waals surface area contributed by atoms with E-state index in [0.717, 1.165) is 11.4 Å². The van der Waals surface area contributed by atoms with Gasteiger partial charge in [0, 0.05) is 17.9 Å². The fourth-order valence-corrected chi connectivity index (χ4v) is 2.12. The van der Waals surface area contributed by atoms with Gasteiger partial charge in [0.15, 0.2) is 6.10 Å². The number of carbonyl (C=O) groups is 1. The molecule has 20 heavy (non-hydrogen) atoms. The minimum absolute atomic E-state index is 0.341. The van der Waals surface area contributed by atoms with Gasteiger partial charge in [-0.1, -0.05) is 13.8 Å². The highest BCUT2D eigenvalue weighted by Crippen LogP contribution is 2.19. The van der Waals surface area contributed by atoms with Crippen LogP contribution in [-0.2, 0) is 14.3 Å². The van der Waals surface area contributed by atoms with E-state index in [1.54, 1.807) is 0 Å². The smallest absolute Gasteiger partial charge is 0.336 e. The van der Waals surface area contributed by atoms with Crippen LogP contribution in [0.4, 0.5) is 5.95 Å². The molecule has 0 spiro atoms. The molecule has 6 heteroatoms. The third-order valence-electron chi connectivity index (χ3n) is 3.27. The Bertz CT molecular complexity index is 491. The highest BCUT2D eigenvalue weighted by molar-refractivity contribution is 5.75. The van der Waals surface area contributed by atoms with Gasteiger partial charge < -0.3 is 14.4 Å². The number of aryl methyl sites for hydroxylation is 1. The molecule has 110 valence electrons. The van der Waals surface area contributed by atoms with Crippen LogP contribution in [0.15, 0.2) is 6.07 Å². The zero-order valence-electron chi connectivity index (χ0n) is 12.4. The molecule has 1 saturated heterocycles. The van der Waals surface area contributed by atoms with E-state index in [1.165, 1.54) is 7.11 Å². The molecule has 0 radical (unpaired) electrons. The Balaban J connectivity index is 2.20. The number of hydrogen-bond acceptors (Lipinski definition) is 6. The van der Waals surface area contributed by atoms with Crippen LogP contribution in [0.2, 0.25) is 0 Å². The number of esters is 1. The SMILES string of the molecule is COC(=O)C1CN(c2nc(C)cc(C(C)C)n2)CCO1. The lowest BCUT2D eigenvalue weighted by molar-refractivity contribution is -0.154. The van der Waals surface area contributed by atoms with E-state index in [9.17, 15) is 4.79 Å². The largest absolute Gasteiger partial charge is 0.467 e. The summed E-state index contributed by atoms with van der Waals surface area (Å²) in [5.41, 5.74) is 1.94. The standard InChI is InChI=1S/C14H21N3O3/c1-9(2)11-7-10(3)15-14(16-11)17-5-6-20-12(8-17)13(18)19-4/h7,9,12H,5-6,8H2,1-4H3. The van der Waals surface area contributed by atoms with Crippen molar-refractivity contribution < 1.29 is 14.3 Å². The van der Waals surface area contributed by atoms with Crippen LogP contribution in [0.1, 0.15) is 31.2 Å². The predicted octanol–water partition coefficient (Wildman–Crippen LogP) is 1.29. The Morgan fingerprint density at radius 2 is 2.25 bits per heavy atom. The zero-order valence-corrected chi connectivity index (χ0v) is 12.4. The summed E-state index contributed by atoms with van der Waals surface area (Å²) in [5, 5.41) is 0. The normalized spacial score (nSPS) is 19.2. The molecule has 2 heterocycles. The summed E-state index contributed by atoms with van der Waals surface area (Å²) >= 11 is 0. The molecule has 1 atom stereocenters. The molecule has 1 aromatic rings. The number of rotatable bonds is 3. The minimum atomic E-state index is -0.569. The Kier molecular flexibility index (Phi) is 4.54. The number of morpholine rings is 1. The monoisotopic (exact) mass is 279 g/mol. The number of aromatic nitrogens is 2. The lowest BCUT2D eigenvalue weighted by atomic mass is 10.1. The van der Waals surface area contributed by atoms with Gasteiger partial charge in [-0.3, -0.25) is 0 Å². The van der Waals surface area contributed by atoms with Crippen LogP contribution >= 0.6 is 0 Å². The van der Waals surface area contributed by atoms with Crippen molar-refractivity contribution in [2.45, 2.75) is 32.8 Å². The van der Waals surface area contributed by atoms with Crippen LogP contribution in [0.3, 0.4) is 0 Å². The summed E-state index contributed by atoms with van der Waals surface area (Å²) in [6.45, 7) is 7.72. The summed E-state index contributed by atoms with van der Waals surface area (Å²) in [7, 11) is 1.37. The molecule has 1 unspecified atom stereocenters. The molecule has 2 rings (SSSR count). The van der Waals surface area contributed by atoms with Crippen molar-refractivity contribution in [1.29, 1.82) is 0 Å². The van der Waals surface area contributed by atoms with Crippen LogP contribution in [0.25, 0.3) is 0 Å². The van der Waals surface area contributed by atoms with Gasteiger partial charge in [0.2, 0.25) is 5.95 Å². The van der Waals surface area contributed by atoms with Gasteiger partial charge >= 0.3 is 5.97 Å². The van der Waals surface area contributed by atoms with E-state index in [-0.39, 0.29) is 5.97 Å². The number of methoxy groups -OCH3 is 1. The molecule has 0 saturated carbocycles. The van der Waals surface area contributed by atoms with Gasteiger partial charge in [-0.15, -0.1) is 0 Å². The molecule has 1 fully saturated rings. The molecular weight excluding hydrogens is 258 g/mol. The van der Waals surface area contributed by atoms with Crippen LogP contribution < -0.4 is 4.90 Å². The quantitative estimate of drug-likeness (QED) is 0.777. The van der Waals surface area contributed by atoms with Gasteiger partial charge in [-0.05, 0) is 18.9 Å². The van der Waals surface area contributed by atoms with Crippen molar-refractivity contribution in [1.82, 2.24) is 9.97 Å². The van der Waals surface area contributed by atoms with E-state index >= 15 is 0 Å². The third-order valence-corrected chi connectivity index (χ3v) is 3.27. The van der Waals surface area contributed by atoms with Crippen LogP contribution in [0.5, 0.6) is 0 Å². The number of carbonyl (C=O) groups excluding carboxylic acids is 1. The van der Waals surface area contributed by atoms with Crippen molar-refractivity contribution in [3.8, 4) is 0 Å². The Morgan fingerprint density at radius 1 is 1.50 bits per heavy atom. The number of ether oxygens (including phenoxy) is 2. The van der Waals surface area contributed by atoms with E-state index in [0.29, 0.717) is 31.6 Å².